The number of aliphatic carboxylic acids is 1. The number of amides is 5. The fourth-order valence-electron chi connectivity index (χ4n) is 8.76. The molecule has 6 atom stereocenters. The normalized spacial score (nSPS) is 18.9. The van der Waals surface area contributed by atoms with Gasteiger partial charge in [0, 0.05) is 30.6 Å². The molecule has 3 unspecified atom stereocenters. The first-order valence-corrected chi connectivity index (χ1v) is 21.5. The van der Waals surface area contributed by atoms with Crippen molar-refractivity contribution in [2.75, 3.05) is 13.1 Å². The van der Waals surface area contributed by atoms with Gasteiger partial charge in [-0.1, -0.05) is 109 Å². The molecule has 63 heavy (non-hydrogen) atoms. The fourth-order valence-corrected chi connectivity index (χ4v) is 8.76. The van der Waals surface area contributed by atoms with Gasteiger partial charge in [0.05, 0.1) is 6.42 Å². The Morgan fingerprint density at radius 2 is 1.33 bits per heavy atom. The van der Waals surface area contributed by atoms with Gasteiger partial charge in [0.15, 0.2) is 5.96 Å². The topological polar surface area (TPSA) is 236 Å². The molecule has 4 aromatic rings. The lowest BCUT2D eigenvalue weighted by molar-refractivity contribution is -0.145. The molecule has 0 radical (unpaired) electrons. The molecule has 0 saturated carbocycles. The van der Waals surface area contributed by atoms with Gasteiger partial charge in [-0.2, -0.15) is 0 Å². The summed E-state index contributed by atoms with van der Waals surface area (Å²) in [6.07, 6.45) is 1.90. The zero-order chi connectivity index (χ0) is 44.7. The van der Waals surface area contributed by atoms with E-state index in [9.17, 15) is 33.9 Å². The fraction of sp³-hybridized carbons (Fsp3) is 0.354. The Balaban J connectivity index is 1.18. The molecule has 2 aliphatic heterocycles. The van der Waals surface area contributed by atoms with Crippen molar-refractivity contribution >= 4 is 41.5 Å². The number of piperidine rings is 1. The van der Waals surface area contributed by atoms with Crippen molar-refractivity contribution in [3.05, 3.63) is 144 Å². The molecule has 0 aromatic heterocycles. The Morgan fingerprint density at radius 3 is 1.94 bits per heavy atom. The number of fused-ring (bicyclic) bond motifs is 1. The van der Waals surface area contributed by atoms with Crippen LogP contribution in [0.15, 0.2) is 121 Å². The lowest BCUT2D eigenvalue weighted by atomic mass is 9.86. The van der Waals surface area contributed by atoms with Crippen LogP contribution in [0.5, 0.6) is 0 Å². The standard InChI is InChI=1S/C48H56N8O7/c49-48(50)52-26-13-22-37(45(61)55-39(30-42(57)58)44(60)51-27-25-36(32-16-7-2-8-17-32)33-18-9-3-10-19-33)53-46(62)41-29-35(28-31-14-5-1-6-15-31)40-24-23-38(47(63)56(40)41)54-43(59)34-20-11-4-12-21-34/h1-12,14-21,35-41H,13,22-30H2,(H,51,60)(H,53,62)(H,54,59)(H,55,61)(H,57,58)(H4,49,50,52)/t35-,37+,38?,39?,40+,41?/m1/s1. The highest BCUT2D eigenvalue weighted by atomic mass is 16.4. The molecule has 5 amide bonds. The molecular formula is C48H56N8O7. The summed E-state index contributed by atoms with van der Waals surface area (Å²) in [5.41, 5.74) is 9.02. The summed E-state index contributed by atoms with van der Waals surface area (Å²) in [4.78, 5) is 83.3. The molecule has 2 saturated heterocycles. The van der Waals surface area contributed by atoms with Gasteiger partial charge in [-0.25, -0.2) is 0 Å². The van der Waals surface area contributed by atoms with Crippen LogP contribution in [0.3, 0.4) is 0 Å². The maximum absolute atomic E-state index is 14.5. The Hall–Kier alpha value is -7.03. The molecule has 2 fully saturated rings. The minimum atomic E-state index is -1.47. The molecule has 2 heterocycles. The highest BCUT2D eigenvalue weighted by molar-refractivity contribution is 5.99. The average Bonchev–Trinajstić information content (AvgIpc) is 3.66. The molecule has 4 aromatic carbocycles. The van der Waals surface area contributed by atoms with Crippen LogP contribution in [0, 0.1) is 11.3 Å². The Morgan fingerprint density at radius 1 is 0.730 bits per heavy atom. The van der Waals surface area contributed by atoms with E-state index in [0.717, 1.165) is 16.7 Å². The maximum Gasteiger partial charge on any atom is 0.305 e. The summed E-state index contributed by atoms with van der Waals surface area (Å²) >= 11 is 0. The van der Waals surface area contributed by atoms with E-state index in [2.05, 4.69) is 26.6 Å². The molecule has 15 heteroatoms. The van der Waals surface area contributed by atoms with E-state index in [4.69, 9.17) is 11.1 Å². The van der Waals surface area contributed by atoms with Crippen LogP contribution >= 0.6 is 0 Å². The van der Waals surface area contributed by atoms with Gasteiger partial charge in [0.25, 0.3) is 5.91 Å². The summed E-state index contributed by atoms with van der Waals surface area (Å²) in [5, 5.41) is 31.1. The number of rotatable bonds is 20. The van der Waals surface area contributed by atoms with Gasteiger partial charge in [-0.15, -0.1) is 0 Å². The van der Waals surface area contributed by atoms with Crippen molar-refractivity contribution in [3.63, 3.8) is 0 Å². The number of carbonyl (C=O) groups is 6. The minimum Gasteiger partial charge on any atom is -0.481 e. The van der Waals surface area contributed by atoms with Crippen LogP contribution in [-0.2, 0) is 30.4 Å². The minimum absolute atomic E-state index is 0.0302. The number of hydrogen-bond acceptors (Lipinski definition) is 7. The highest BCUT2D eigenvalue weighted by Crippen LogP contribution is 2.39. The summed E-state index contributed by atoms with van der Waals surface area (Å²) < 4.78 is 0. The van der Waals surface area contributed by atoms with E-state index in [0.29, 0.717) is 37.7 Å². The van der Waals surface area contributed by atoms with Crippen molar-refractivity contribution in [1.82, 2.24) is 31.5 Å². The summed E-state index contributed by atoms with van der Waals surface area (Å²) in [5.74, 6) is -4.62. The number of carboxylic acids is 1. The van der Waals surface area contributed by atoms with Crippen molar-refractivity contribution in [2.24, 2.45) is 11.7 Å². The van der Waals surface area contributed by atoms with Gasteiger partial charge >= 0.3 is 5.97 Å². The number of nitrogens with one attached hydrogen (secondary N) is 6. The Labute approximate surface area is 367 Å². The van der Waals surface area contributed by atoms with Crippen molar-refractivity contribution in [3.8, 4) is 0 Å². The second-order valence-electron chi connectivity index (χ2n) is 16.1. The van der Waals surface area contributed by atoms with E-state index in [1.807, 2.05) is 91.0 Å². The molecule has 0 aliphatic carbocycles. The number of benzene rings is 4. The molecule has 0 spiro atoms. The highest BCUT2D eigenvalue weighted by Gasteiger charge is 2.51. The van der Waals surface area contributed by atoms with Gasteiger partial charge < -0.3 is 42.3 Å². The number of hydrogen-bond donors (Lipinski definition) is 8. The zero-order valence-electron chi connectivity index (χ0n) is 35.1. The summed E-state index contributed by atoms with van der Waals surface area (Å²) in [6.45, 7) is 0.371. The third kappa shape index (κ3) is 12.5. The van der Waals surface area contributed by atoms with Gasteiger partial charge in [-0.3, -0.25) is 34.2 Å². The SMILES string of the molecule is N=C(N)NCCC[C@H](NC(=O)C1C[C@@H](Cc2ccccc2)[C@@H]2CCC(NC(=O)c3ccccc3)C(=O)N12)C(=O)NC(CC(=O)O)C(=O)NCCC(c1ccccc1)c1ccccc1. The summed E-state index contributed by atoms with van der Waals surface area (Å²) in [6, 6.07) is 33.1. The van der Waals surface area contributed by atoms with Crippen LogP contribution in [0.2, 0.25) is 0 Å². The van der Waals surface area contributed by atoms with Crippen LogP contribution in [0.25, 0.3) is 0 Å². The molecule has 2 aliphatic rings. The quantitative estimate of drug-likeness (QED) is 0.0369. The monoisotopic (exact) mass is 856 g/mol. The zero-order valence-corrected chi connectivity index (χ0v) is 35.1. The van der Waals surface area contributed by atoms with Crippen LogP contribution in [0.1, 0.15) is 77.9 Å². The predicted molar refractivity (Wildman–Crippen MR) is 237 cm³/mol. The molecular weight excluding hydrogens is 801 g/mol. The second kappa shape index (κ2) is 22.2. The van der Waals surface area contributed by atoms with Crippen LogP contribution in [0.4, 0.5) is 0 Å². The molecule has 9 N–H and O–H groups in total. The van der Waals surface area contributed by atoms with Crippen molar-refractivity contribution in [1.29, 1.82) is 5.41 Å². The largest absolute Gasteiger partial charge is 0.481 e. The van der Waals surface area contributed by atoms with Crippen molar-refractivity contribution < 1.29 is 33.9 Å². The number of guanidine groups is 1. The molecule has 15 nitrogen and oxygen atoms in total. The van der Waals surface area contributed by atoms with Crippen LogP contribution in [-0.4, -0.2) is 94.8 Å². The van der Waals surface area contributed by atoms with Gasteiger partial charge in [-0.05, 0) is 79.7 Å². The maximum atomic E-state index is 14.5. The third-order valence-electron chi connectivity index (χ3n) is 11.8. The molecule has 330 valence electrons. The molecule has 6 rings (SSSR count). The predicted octanol–water partition coefficient (Wildman–Crippen LogP) is 3.45. The first-order chi connectivity index (χ1) is 30.5. The number of carboxylic acid groups (broad SMARTS) is 1. The lowest BCUT2D eigenvalue weighted by Gasteiger charge is -2.39. The summed E-state index contributed by atoms with van der Waals surface area (Å²) in [7, 11) is 0. The van der Waals surface area contributed by atoms with Gasteiger partial charge in [0.2, 0.25) is 23.6 Å². The lowest BCUT2D eigenvalue weighted by Crippen LogP contribution is -2.61. The van der Waals surface area contributed by atoms with Crippen molar-refractivity contribution in [2.45, 2.75) is 87.5 Å². The van der Waals surface area contributed by atoms with E-state index >= 15 is 0 Å². The number of carbonyl (C=O) groups excluding carboxylic acids is 5. The van der Waals surface area contributed by atoms with E-state index < -0.39 is 66.1 Å². The first-order valence-electron chi connectivity index (χ1n) is 21.5. The average molecular weight is 857 g/mol. The Kier molecular flexibility index (Phi) is 16.0. The number of nitrogens with zero attached hydrogens (tertiary/aromatic N) is 1. The molecule has 0 bridgehead atoms. The van der Waals surface area contributed by atoms with E-state index in [-0.39, 0.29) is 49.8 Å². The second-order valence-corrected chi connectivity index (χ2v) is 16.1. The number of nitrogens with two attached hydrogens (primary N) is 1. The Bertz CT molecular complexity index is 2160. The van der Waals surface area contributed by atoms with Gasteiger partial charge in [0.1, 0.15) is 24.2 Å². The van der Waals surface area contributed by atoms with E-state index in [1.165, 1.54) is 0 Å². The smallest absolute Gasteiger partial charge is 0.305 e. The third-order valence-corrected chi connectivity index (χ3v) is 11.8. The van der Waals surface area contributed by atoms with E-state index in [1.54, 1.807) is 35.2 Å². The van der Waals surface area contributed by atoms with Crippen LogP contribution < -0.4 is 32.3 Å². The first kappa shape index (κ1) is 45.5.